The van der Waals surface area contributed by atoms with E-state index in [1.54, 1.807) is 11.3 Å². The summed E-state index contributed by atoms with van der Waals surface area (Å²) in [6.45, 7) is 0.418. The Morgan fingerprint density at radius 2 is 1.25 bits per heavy atom. The molecule has 2 N–H and O–H groups in total. The molecule has 0 radical (unpaired) electrons. The fourth-order valence-corrected chi connectivity index (χ4v) is 9.52. The normalized spacial score (nSPS) is 12.8. The lowest BCUT2D eigenvalue weighted by molar-refractivity contribution is 0.986. The van der Waals surface area contributed by atoms with Crippen molar-refractivity contribution in [3.63, 3.8) is 0 Å². The molecule has 0 bridgehead atoms. The molecule has 0 saturated heterocycles. The molecule has 250 valence electrons. The number of anilines is 3. The highest BCUT2D eigenvalue weighted by Crippen LogP contribution is 2.49. The molecule has 1 aliphatic rings. The number of rotatable bonds is 5. The molecule has 0 unspecified atom stereocenters. The van der Waals surface area contributed by atoms with Crippen LogP contribution < -0.4 is 10.6 Å². The Morgan fingerprint density at radius 3 is 2.09 bits per heavy atom. The van der Waals surface area contributed by atoms with E-state index in [0.29, 0.717) is 6.67 Å². The number of nitrogens with zero attached hydrogens (tertiary/aromatic N) is 3. The highest BCUT2D eigenvalue weighted by atomic mass is 32.1. The smallest absolute Gasteiger partial charge is 0.115 e. The van der Waals surface area contributed by atoms with Gasteiger partial charge in [0.25, 0.3) is 0 Å². The molecule has 0 atom stereocenters. The van der Waals surface area contributed by atoms with E-state index in [4.69, 9.17) is 10.7 Å². The van der Waals surface area contributed by atoms with Gasteiger partial charge in [0, 0.05) is 43.1 Å². The van der Waals surface area contributed by atoms with Crippen molar-refractivity contribution in [2.24, 2.45) is 4.99 Å². The van der Waals surface area contributed by atoms with Crippen molar-refractivity contribution < 1.29 is 0 Å². The topological polar surface area (TPSA) is 46.5 Å². The number of aliphatic imine (C=N–C) groups is 1. The number of fused-ring (bicyclic) bond motifs is 7. The van der Waals surface area contributed by atoms with Gasteiger partial charge < -0.3 is 15.2 Å². The first-order chi connectivity index (χ1) is 26.2. The zero-order valence-corrected chi connectivity index (χ0v) is 29.5. The van der Waals surface area contributed by atoms with Crippen molar-refractivity contribution in [1.29, 1.82) is 0 Å². The van der Waals surface area contributed by atoms with E-state index in [9.17, 15) is 0 Å². The summed E-state index contributed by atoms with van der Waals surface area (Å²) in [6, 6.07) is 61.0. The Labute approximate surface area is 310 Å². The molecule has 1 aliphatic heterocycles. The number of para-hydroxylation sites is 2. The van der Waals surface area contributed by atoms with E-state index in [1.165, 1.54) is 49.0 Å². The van der Waals surface area contributed by atoms with Crippen LogP contribution in [0.3, 0.4) is 0 Å². The van der Waals surface area contributed by atoms with Gasteiger partial charge in [0.2, 0.25) is 0 Å². The number of hydrogen-bond acceptors (Lipinski definition) is 4. The van der Waals surface area contributed by atoms with Gasteiger partial charge in [-0.3, -0.25) is 4.99 Å². The summed E-state index contributed by atoms with van der Waals surface area (Å²) in [5, 5.41) is 8.41. The minimum atomic E-state index is 0.418. The van der Waals surface area contributed by atoms with Crippen LogP contribution in [0.4, 0.5) is 17.1 Å². The summed E-state index contributed by atoms with van der Waals surface area (Å²) in [7, 11) is 0. The van der Waals surface area contributed by atoms with Crippen molar-refractivity contribution in [3.05, 3.63) is 180 Å². The van der Waals surface area contributed by atoms with Crippen LogP contribution in [-0.2, 0) is 0 Å². The zero-order chi connectivity index (χ0) is 35.0. The van der Waals surface area contributed by atoms with Crippen LogP contribution in [0.15, 0.2) is 175 Å². The molecular weight excluding hydrogens is 665 g/mol. The standard InChI is InChI=1S/C48H32N4S/c49-46-38-19-7-9-23-44(38)53-48(46)47(33-24-25-36-35-18-6-8-21-40(35)52(43(36)28-33)34-16-2-1-3-17-34)50-29-51-41-22-11-15-30-14-10-20-37(45(30)41)39-26-31-12-4-5-13-32(31)27-42(39)51/h1-28H,29,49H2. The fourth-order valence-electron chi connectivity index (χ4n) is 8.37. The van der Waals surface area contributed by atoms with Crippen LogP contribution in [0, 0.1) is 0 Å². The second kappa shape index (κ2) is 11.7. The zero-order valence-electron chi connectivity index (χ0n) is 28.7. The predicted octanol–water partition coefficient (Wildman–Crippen LogP) is 12.5. The third-order valence-corrected chi connectivity index (χ3v) is 12.0. The van der Waals surface area contributed by atoms with Gasteiger partial charge in [-0.05, 0) is 70.3 Å². The summed E-state index contributed by atoms with van der Waals surface area (Å²) < 4.78 is 3.52. The van der Waals surface area contributed by atoms with Crippen LogP contribution in [0.5, 0.6) is 0 Å². The van der Waals surface area contributed by atoms with Crippen LogP contribution in [0.1, 0.15) is 10.4 Å². The van der Waals surface area contributed by atoms with Gasteiger partial charge in [-0.1, -0.05) is 121 Å². The first-order valence-electron chi connectivity index (χ1n) is 17.9. The molecule has 0 aliphatic carbocycles. The van der Waals surface area contributed by atoms with Gasteiger partial charge in [-0.15, -0.1) is 11.3 Å². The van der Waals surface area contributed by atoms with E-state index in [-0.39, 0.29) is 0 Å². The number of benzene rings is 8. The quantitative estimate of drug-likeness (QED) is 0.182. The molecule has 8 aromatic carbocycles. The highest BCUT2D eigenvalue weighted by molar-refractivity contribution is 7.21. The maximum Gasteiger partial charge on any atom is 0.115 e. The highest BCUT2D eigenvalue weighted by Gasteiger charge is 2.26. The average molecular weight is 697 g/mol. The molecule has 53 heavy (non-hydrogen) atoms. The summed E-state index contributed by atoms with van der Waals surface area (Å²) in [5.41, 5.74) is 18.0. The molecule has 11 rings (SSSR count). The number of nitrogens with two attached hydrogens (primary N) is 1. The number of hydrogen-bond donors (Lipinski definition) is 1. The second-order valence-electron chi connectivity index (χ2n) is 13.7. The largest absolute Gasteiger partial charge is 0.397 e. The van der Waals surface area contributed by atoms with Crippen LogP contribution >= 0.6 is 11.3 Å². The second-order valence-corrected chi connectivity index (χ2v) is 14.8. The van der Waals surface area contributed by atoms with Gasteiger partial charge in [-0.25, -0.2) is 0 Å². The maximum atomic E-state index is 7.06. The lowest BCUT2D eigenvalue weighted by Gasteiger charge is -2.33. The van der Waals surface area contributed by atoms with E-state index in [0.717, 1.165) is 54.5 Å². The van der Waals surface area contributed by atoms with Crippen molar-refractivity contribution in [2.75, 3.05) is 17.3 Å². The Balaban J connectivity index is 1.16. The Morgan fingerprint density at radius 1 is 0.547 bits per heavy atom. The molecule has 10 aromatic rings. The van der Waals surface area contributed by atoms with Crippen LogP contribution in [0.25, 0.3) is 70.3 Å². The lowest BCUT2D eigenvalue weighted by Crippen LogP contribution is -2.22. The summed E-state index contributed by atoms with van der Waals surface area (Å²) in [5.74, 6) is 0. The SMILES string of the molecule is Nc1c(C(=NCN2c3cc4ccccc4cc3-c3cccc4cccc2c34)c2ccc3c4ccccc4n(-c4ccccc4)c3c2)sc2ccccc12. The Bertz CT molecular complexity index is 3110. The van der Waals surface area contributed by atoms with Crippen molar-refractivity contribution in [1.82, 2.24) is 4.57 Å². The summed E-state index contributed by atoms with van der Waals surface area (Å²) in [6.07, 6.45) is 0. The monoisotopic (exact) mass is 696 g/mol. The van der Waals surface area contributed by atoms with E-state index in [2.05, 4.69) is 179 Å². The van der Waals surface area contributed by atoms with Gasteiger partial charge >= 0.3 is 0 Å². The van der Waals surface area contributed by atoms with Gasteiger partial charge in [0.05, 0.1) is 38.7 Å². The van der Waals surface area contributed by atoms with Gasteiger partial charge in [0.1, 0.15) is 6.67 Å². The van der Waals surface area contributed by atoms with Crippen molar-refractivity contribution in [2.45, 2.75) is 0 Å². The minimum absolute atomic E-state index is 0.418. The average Bonchev–Trinajstić information content (AvgIpc) is 3.72. The molecule has 0 spiro atoms. The molecule has 5 heteroatoms. The first-order valence-corrected chi connectivity index (χ1v) is 18.8. The van der Waals surface area contributed by atoms with E-state index < -0.39 is 0 Å². The Kier molecular flexibility index (Phi) is 6.60. The molecule has 2 aromatic heterocycles. The molecule has 3 heterocycles. The van der Waals surface area contributed by atoms with Crippen LogP contribution in [0.2, 0.25) is 0 Å². The molecule has 0 saturated carbocycles. The minimum Gasteiger partial charge on any atom is -0.397 e. The number of aromatic nitrogens is 1. The fraction of sp³-hybridized carbons (Fsp3) is 0.0208. The van der Waals surface area contributed by atoms with Gasteiger partial charge in [0.15, 0.2) is 0 Å². The lowest BCUT2D eigenvalue weighted by atomic mass is 9.90. The maximum absolute atomic E-state index is 7.06. The molecule has 4 nitrogen and oxygen atoms in total. The van der Waals surface area contributed by atoms with Crippen molar-refractivity contribution >= 4 is 87.5 Å². The number of thiophene rings is 1. The predicted molar refractivity (Wildman–Crippen MR) is 227 cm³/mol. The summed E-state index contributed by atoms with van der Waals surface area (Å²) in [4.78, 5) is 8.99. The van der Waals surface area contributed by atoms with Crippen LogP contribution in [-0.4, -0.2) is 16.9 Å². The van der Waals surface area contributed by atoms with Gasteiger partial charge in [-0.2, -0.15) is 0 Å². The number of nitrogen functional groups attached to an aromatic ring is 1. The third-order valence-electron chi connectivity index (χ3n) is 10.8. The first kappa shape index (κ1) is 30.0. The van der Waals surface area contributed by atoms with E-state index >= 15 is 0 Å². The molecular formula is C48H32N4S. The summed E-state index contributed by atoms with van der Waals surface area (Å²) >= 11 is 1.71. The molecule has 0 fully saturated rings. The Hall–Kier alpha value is -6.69. The third kappa shape index (κ3) is 4.57. The van der Waals surface area contributed by atoms with Crippen molar-refractivity contribution in [3.8, 4) is 16.8 Å². The molecule has 0 amide bonds. The van der Waals surface area contributed by atoms with E-state index in [1.807, 2.05) is 0 Å².